The minimum absolute atomic E-state index is 0.110. The molecule has 0 aliphatic heterocycles. The third kappa shape index (κ3) is 3.87. The number of para-hydroxylation sites is 2. The number of carbonyl (C=O) groups is 2. The molecule has 0 aromatic heterocycles. The number of hydrogen-bond donors (Lipinski definition) is 3. The first-order valence-electron chi connectivity index (χ1n) is 6.01. The molecule has 1 aromatic carbocycles. The van der Waals surface area contributed by atoms with Crippen molar-refractivity contribution in [3.63, 3.8) is 0 Å². The Bertz CT molecular complexity index is 497. The predicted molar refractivity (Wildman–Crippen MR) is 69.4 cm³/mol. The topological polar surface area (TPSA) is 87.7 Å². The van der Waals surface area contributed by atoms with Crippen LogP contribution in [0.3, 0.4) is 0 Å². The van der Waals surface area contributed by atoms with Gasteiger partial charge in [0.15, 0.2) is 6.61 Å². The number of carboxylic acid groups (broad SMARTS) is 1. The van der Waals surface area contributed by atoms with Crippen LogP contribution in [0, 0.1) is 0 Å². The molecule has 0 saturated heterocycles. The third-order valence-electron chi connectivity index (χ3n) is 2.90. The van der Waals surface area contributed by atoms with E-state index in [1.807, 2.05) is 6.92 Å². The second-order valence-corrected chi connectivity index (χ2v) is 4.82. The first-order chi connectivity index (χ1) is 8.98. The van der Waals surface area contributed by atoms with Gasteiger partial charge in [0.2, 0.25) is 0 Å². The summed E-state index contributed by atoms with van der Waals surface area (Å²) < 4.78 is 5.10. The zero-order valence-corrected chi connectivity index (χ0v) is 10.6. The van der Waals surface area contributed by atoms with E-state index in [4.69, 9.17) is 9.84 Å². The highest BCUT2D eigenvalue weighted by Gasteiger charge is 2.38. The smallest absolute Gasteiger partial charge is 0.341 e. The number of urea groups is 1. The first kappa shape index (κ1) is 13.2. The average Bonchev–Trinajstić information content (AvgIpc) is 3.05. The summed E-state index contributed by atoms with van der Waals surface area (Å²) >= 11 is 0. The Morgan fingerprint density at radius 3 is 2.68 bits per heavy atom. The summed E-state index contributed by atoms with van der Waals surface area (Å²) in [6, 6.07) is 6.40. The Balaban J connectivity index is 1.98. The number of rotatable bonds is 5. The largest absolute Gasteiger partial charge is 0.480 e. The summed E-state index contributed by atoms with van der Waals surface area (Å²) in [5.41, 5.74) is 0.339. The van der Waals surface area contributed by atoms with Crippen molar-refractivity contribution in [1.29, 1.82) is 0 Å². The fraction of sp³-hybridized carbons (Fsp3) is 0.385. The van der Waals surface area contributed by atoms with Gasteiger partial charge in [0.05, 0.1) is 5.69 Å². The number of nitrogens with one attached hydrogen (secondary N) is 2. The zero-order valence-electron chi connectivity index (χ0n) is 10.6. The Labute approximate surface area is 110 Å². The maximum Gasteiger partial charge on any atom is 0.341 e. The molecule has 6 heteroatoms. The Kier molecular flexibility index (Phi) is 3.59. The summed E-state index contributed by atoms with van der Waals surface area (Å²) in [6.45, 7) is 1.53. The van der Waals surface area contributed by atoms with Crippen LogP contribution >= 0.6 is 0 Å². The molecule has 0 heterocycles. The fourth-order valence-electron chi connectivity index (χ4n) is 1.58. The highest BCUT2D eigenvalue weighted by molar-refractivity contribution is 5.91. The van der Waals surface area contributed by atoms with E-state index in [0.717, 1.165) is 12.8 Å². The van der Waals surface area contributed by atoms with Crippen LogP contribution in [0.25, 0.3) is 0 Å². The number of benzene rings is 1. The van der Waals surface area contributed by atoms with Gasteiger partial charge in [0.25, 0.3) is 0 Å². The van der Waals surface area contributed by atoms with Gasteiger partial charge in [-0.3, -0.25) is 0 Å². The Hall–Kier alpha value is -2.24. The minimum atomic E-state index is -1.07. The predicted octanol–water partition coefficient (Wildman–Crippen LogP) is 1.82. The molecule has 0 radical (unpaired) electrons. The molecular formula is C13H16N2O4. The number of ether oxygens (including phenoxy) is 1. The van der Waals surface area contributed by atoms with Crippen LogP contribution < -0.4 is 15.4 Å². The molecule has 1 saturated carbocycles. The molecule has 2 rings (SSSR count). The molecule has 19 heavy (non-hydrogen) atoms. The number of aliphatic carboxylic acids is 1. The number of carboxylic acids is 1. The van der Waals surface area contributed by atoms with Crippen LogP contribution in [0.5, 0.6) is 5.75 Å². The van der Waals surface area contributed by atoms with E-state index >= 15 is 0 Å². The molecule has 2 amide bonds. The van der Waals surface area contributed by atoms with Crippen molar-refractivity contribution in [2.75, 3.05) is 11.9 Å². The van der Waals surface area contributed by atoms with Gasteiger partial charge in [-0.1, -0.05) is 12.1 Å². The maximum atomic E-state index is 11.8. The number of carbonyl (C=O) groups excluding carboxylic acids is 1. The van der Waals surface area contributed by atoms with E-state index in [1.54, 1.807) is 24.3 Å². The van der Waals surface area contributed by atoms with Gasteiger partial charge < -0.3 is 20.5 Å². The lowest BCUT2D eigenvalue weighted by atomic mass is 10.3. The Morgan fingerprint density at radius 2 is 2.05 bits per heavy atom. The van der Waals surface area contributed by atoms with E-state index in [1.165, 1.54) is 0 Å². The molecule has 1 aromatic rings. The second kappa shape index (κ2) is 5.17. The summed E-state index contributed by atoms with van der Waals surface area (Å²) in [7, 11) is 0. The highest BCUT2D eigenvalue weighted by atomic mass is 16.5. The summed E-state index contributed by atoms with van der Waals surface area (Å²) in [4.78, 5) is 22.2. The minimum Gasteiger partial charge on any atom is -0.480 e. The average molecular weight is 264 g/mol. The van der Waals surface area contributed by atoms with Crippen LogP contribution in [0.2, 0.25) is 0 Å². The standard InChI is InChI=1S/C13H16N2O4/c1-13(6-7-13)15-12(18)14-9-4-2-3-5-10(9)19-8-11(16)17/h2-5H,6-8H2,1H3,(H,16,17)(H2,14,15,18). The SMILES string of the molecule is CC1(NC(=O)Nc2ccccc2OCC(=O)O)CC1. The molecule has 1 aliphatic rings. The summed E-state index contributed by atoms with van der Waals surface area (Å²) in [5.74, 6) is -0.731. The highest BCUT2D eigenvalue weighted by Crippen LogP contribution is 2.34. The van der Waals surface area contributed by atoms with Gasteiger partial charge in [0.1, 0.15) is 5.75 Å². The van der Waals surface area contributed by atoms with Crippen molar-refractivity contribution < 1.29 is 19.4 Å². The second-order valence-electron chi connectivity index (χ2n) is 4.82. The van der Waals surface area contributed by atoms with E-state index in [2.05, 4.69) is 10.6 Å². The molecule has 0 bridgehead atoms. The zero-order chi connectivity index (χ0) is 13.9. The van der Waals surface area contributed by atoms with Crippen molar-refractivity contribution in [2.45, 2.75) is 25.3 Å². The third-order valence-corrected chi connectivity index (χ3v) is 2.90. The first-order valence-corrected chi connectivity index (χ1v) is 6.01. The van der Waals surface area contributed by atoms with Gasteiger partial charge in [0, 0.05) is 5.54 Å². The van der Waals surface area contributed by atoms with Gasteiger partial charge in [-0.2, -0.15) is 0 Å². The van der Waals surface area contributed by atoms with E-state index < -0.39 is 12.6 Å². The van der Waals surface area contributed by atoms with Gasteiger partial charge >= 0.3 is 12.0 Å². The van der Waals surface area contributed by atoms with Gasteiger partial charge in [-0.15, -0.1) is 0 Å². The fourth-order valence-corrected chi connectivity index (χ4v) is 1.58. The molecule has 6 nitrogen and oxygen atoms in total. The van der Waals surface area contributed by atoms with Crippen LogP contribution in [0.15, 0.2) is 24.3 Å². The monoisotopic (exact) mass is 264 g/mol. The number of anilines is 1. The van der Waals surface area contributed by atoms with Crippen LogP contribution in [-0.4, -0.2) is 29.3 Å². The molecule has 0 spiro atoms. The molecule has 0 unspecified atom stereocenters. The van der Waals surface area contributed by atoms with E-state index in [9.17, 15) is 9.59 Å². The van der Waals surface area contributed by atoms with Gasteiger partial charge in [-0.25, -0.2) is 9.59 Å². The van der Waals surface area contributed by atoms with Crippen molar-refractivity contribution >= 4 is 17.7 Å². The van der Waals surface area contributed by atoms with Crippen molar-refractivity contribution in [1.82, 2.24) is 5.32 Å². The van der Waals surface area contributed by atoms with E-state index in [0.29, 0.717) is 11.4 Å². The van der Waals surface area contributed by atoms with Crippen molar-refractivity contribution in [3.05, 3.63) is 24.3 Å². The molecule has 3 N–H and O–H groups in total. The van der Waals surface area contributed by atoms with Crippen LogP contribution in [0.1, 0.15) is 19.8 Å². The van der Waals surface area contributed by atoms with Crippen LogP contribution in [0.4, 0.5) is 10.5 Å². The normalized spacial score (nSPS) is 15.4. The quantitative estimate of drug-likeness (QED) is 0.757. The molecule has 102 valence electrons. The van der Waals surface area contributed by atoms with Crippen molar-refractivity contribution in [2.24, 2.45) is 0 Å². The van der Waals surface area contributed by atoms with Crippen LogP contribution in [-0.2, 0) is 4.79 Å². The van der Waals surface area contributed by atoms with E-state index in [-0.39, 0.29) is 11.6 Å². The number of amides is 2. The molecule has 1 fully saturated rings. The summed E-state index contributed by atoms with van der Waals surface area (Å²) in [5, 5.41) is 14.1. The molecule has 0 atom stereocenters. The van der Waals surface area contributed by atoms with Gasteiger partial charge in [-0.05, 0) is 31.9 Å². The molecular weight excluding hydrogens is 248 g/mol. The number of hydrogen-bond acceptors (Lipinski definition) is 3. The lowest BCUT2D eigenvalue weighted by Crippen LogP contribution is -2.37. The lowest BCUT2D eigenvalue weighted by molar-refractivity contribution is -0.139. The lowest BCUT2D eigenvalue weighted by Gasteiger charge is -2.14. The maximum absolute atomic E-state index is 11.8. The molecule has 1 aliphatic carbocycles. The summed E-state index contributed by atoms with van der Waals surface area (Å²) in [6.07, 6.45) is 1.94. The van der Waals surface area contributed by atoms with Crippen molar-refractivity contribution in [3.8, 4) is 5.75 Å². The Morgan fingerprint density at radius 1 is 1.37 bits per heavy atom.